The van der Waals surface area contributed by atoms with Crippen molar-refractivity contribution >= 4 is 5.97 Å². The number of piperidine rings is 1. The topological polar surface area (TPSA) is 52.6 Å². The molecule has 2 atom stereocenters. The Balaban J connectivity index is 1.85. The first-order valence-corrected chi connectivity index (χ1v) is 5.67. The highest BCUT2D eigenvalue weighted by Gasteiger charge is 2.34. The normalized spacial score (nSPS) is 31.7. The van der Waals surface area contributed by atoms with Gasteiger partial charge >= 0.3 is 5.97 Å². The molecule has 4 heteroatoms. The first-order chi connectivity index (χ1) is 7.27. The molecule has 0 aromatic carbocycles. The van der Waals surface area contributed by atoms with Gasteiger partial charge in [0.25, 0.3) is 0 Å². The number of carboxylic acids is 1. The second kappa shape index (κ2) is 4.66. The first-order valence-electron chi connectivity index (χ1n) is 5.67. The monoisotopic (exact) mass is 210 g/mol. The molecule has 0 radical (unpaired) electrons. The Bertz CT molecular complexity index is 265. The zero-order valence-electron chi connectivity index (χ0n) is 8.85. The molecular formula is C11H18N2O2. The number of fused-ring (bicyclic) bond motifs is 1. The van der Waals surface area contributed by atoms with E-state index in [1.165, 1.54) is 31.9 Å². The fourth-order valence-corrected chi connectivity index (χ4v) is 2.68. The molecule has 2 heterocycles. The highest BCUT2D eigenvalue weighted by molar-refractivity contribution is 5.79. The summed E-state index contributed by atoms with van der Waals surface area (Å²) in [6.45, 7) is 2.37. The first kappa shape index (κ1) is 10.5. The van der Waals surface area contributed by atoms with Crippen LogP contribution in [0.25, 0.3) is 0 Å². The number of nitrogens with zero attached hydrogens (tertiary/aromatic N) is 1. The van der Waals surface area contributed by atoms with Gasteiger partial charge in [-0.3, -0.25) is 4.90 Å². The van der Waals surface area contributed by atoms with Gasteiger partial charge in [0.05, 0.1) is 0 Å². The Morgan fingerprint density at radius 1 is 1.33 bits per heavy atom. The molecule has 2 fully saturated rings. The number of hydrogen-bond acceptors (Lipinski definition) is 3. The standard InChI is InChI=1S/C11H18N2O2/c14-11(15)4-6-12-9-5-8-13-7-2-1-3-10(9)13/h4,6,9-10,12H,1-3,5,7-8H2,(H,14,15)/b6-4+. The number of carbonyl (C=O) groups is 1. The van der Waals surface area contributed by atoms with E-state index in [1.807, 2.05) is 0 Å². The summed E-state index contributed by atoms with van der Waals surface area (Å²) in [6.07, 6.45) is 7.75. The molecule has 0 spiro atoms. The molecule has 4 nitrogen and oxygen atoms in total. The Morgan fingerprint density at radius 2 is 2.20 bits per heavy atom. The summed E-state index contributed by atoms with van der Waals surface area (Å²) in [6, 6.07) is 1.07. The molecule has 2 N–H and O–H groups in total. The van der Waals surface area contributed by atoms with E-state index in [-0.39, 0.29) is 0 Å². The molecule has 15 heavy (non-hydrogen) atoms. The van der Waals surface area contributed by atoms with E-state index < -0.39 is 5.97 Å². The number of nitrogens with one attached hydrogen (secondary N) is 1. The molecule has 2 aliphatic heterocycles. The van der Waals surface area contributed by atoms with E-state index in [1.54, 1.807) is 6.20 Å². The van der Waals surface area contributed by atoms with Gasteiger partial charge in [-0.2, -0.15) is 0 Å². The lowest BCUT2D eigenvalue weighted by molar-refractivity contribution is -0.131. The van der Waals surface area contributed by atoms with Gasteiger partial charge in [-0.1, -0.05) is 6.42 Å². The summed E-state index contributed by atoms with van der Waals surface area (Å²) in [4.78, 5) is 12.8. The number of rotatable bonds is 3. The van der Waals surface area contributed by atoms with Gasteiger partial charge in [-0.25, -0.2) is 4.79 Å². The Morgan fingerprint density at radius 3 is 3.00 bits per heavy atom. The van der Waals surface area contributed by atoms with E-state index in [0.29, 0.717) is 12.1 Å². The number of hydrogen-bond donors (Lipinski definition) is 2. The van der Waals surface area contributed by atoms with Crippen LogP contribution in [0.2, 0.25) is 0 Å². The van der Waals surface area contributed by atoms with E-state index in [9.17, 15) is 4.79 Å². The van der Waals surface area contributed by atoms with Crippen LogP contribution in [-0.2, 0) is 4.79 Å². The minimum Gasteiger partial charge on any atom is -0.478 e. The Kier molecular flexibility index (Phi) is 3.26. The van der Waals surface area contributed by atoms with Gasteiger partial charge in [0.1, 0.15) is 0 Å². The minimum atomic E-state index is -0.888. The molecule has 2 saturated heterocycles. The Labute approximate surface area is 90.0 Å². The summed E-state index contributed by atoms with van der Waals surface area (Å²) in [5, 5.41) is 11.7. The van der Waals surface area contributed by atoms with Crippen molar-refractivity contribution in [2.24, 2.45) is 0 Å². The summed E-state index contributed by atoms with van der Waals surface area (Å²) < 4.78 is 0. The van der Waals surface area contributed by atoms with E-state index in [4.69, 9.17) is 5.11 Å². The van der Waals surface area contributed by atoms with Crippen LogP contribution in [0.3, 0.4) is 0 Å². The second-order valence-corrected chi connectivity index (χ2v) is 4.33. The molecule has 2 rings (SSSR count). The zero-order chi connectivity index (χ0) is 10.7. The van der Waals surface area contributed by atoms with Crippen LogP contribution >= 0.6 is 0 Å². The molecule has 0 amide bonds. The molecule has 84 valence electrons. The summed E-state index contributed by atoms with van der Waals surface area (Å²) >= 11 is 0. The SMILES string of the molecule is O=C(O)/C=C/NC1CCN2CCCCC12. The van der Waals surface area contributed by atoms with Crippen LogP contribution in [-0.4, -0.2) is 41.1 Å². The van der Waals surface area contributed by atoms with E-state index in [0.717, 1.165) is 13.0 Å². The average molecular weight is 210 g/mol. The smallest absolute Gasteiger partial charge is 0.329 e. The maximum atomic E-state index is 10.3. The summed E-state index contributed by atoms with van der Waals surface area (Å²) in [7, 11) is 0. The molecule has 0 aliphatic carbocycles. The van der Waals surface area contributed by atoms with Crippen molar-refractivity contribution in [2.45, 2.75) is 37.8 Å². The van der Waals surface area contributed by atoms with Gasteiger partial charge in [0.2, 0.25) is 0 Å². The molecular weight excluding hydrogens is 192 g/mol. The predicted octanol–water partition coefficient (Wildman–Crippen LogP) is 0.801. The minimum absolute atomic E-state index is 0.445. The molecule has 0 aromatic rings. The lowest BCUT2D eigenvalue weighted by Crippen LogP contribution is -2.43. The van der Waals surface area contributed by atoms with Gasteiger partial charge in [0, 0.05) is 30.9 Å². The molecule has 0 saturated carbocycles. The molecule has 0 bridgehead atoms. The van der Waals surface area contributed by atoms with Crippen LogP contribution in [0.4, 0.5) is 0 Å². The van der Waals surface area contributed by atoms with Crippen LogP contribution in [0, 0.1) is 0 Å². The maximum Gasteiger partial charge on any atom is 0.329 e. The summed E-state index contributed by atoms with van der Waals surface area (Å²) in [5.74, 6) is -0.888. The maximum absolute atomic E-state index is 10.3. The zero-order valence-corrected chi connectivity index (χ0v) is 8.85. The van der Waals surface area contributed by atoms with Crippen LogP contribution in [0.5, 0.6) is 0 Å². The number of aliphatic carboxylic acids is 1. The van der Waals surface area contributed by atoms with Gasteiger partial charge in [0.15, 0.2) is 0 Å². The predicted molar refractivity (Wildman–Crippen MR) is 57.5 cm³/mol. The van der Waals surface area contributed by atoms with E-state index >= 15 is 0 Å². The number of carboxylic acid groups (broad SMARTS) is 1. The van der Waals surface area contributed by atoms with Crippen molar-refractivity contribution in [2.75, 3.05) is 13.1 Å². The third-order valence-corrected chi connectivity index (χ3v) is 3.39. The van der Waals surface area contributed by atoms with E-state index in [2.05, 4.69) is 10.2 Å². The fraction of sp³-hybridized carbons (Fsp3) is 0.727. The van der Waals surface area contributed by atoms with Crippen molar-refractivity contribution in [1.29, 1.82) is 0 Å². The average Bonchev–Trinajstić information content (AvgIpc) is 2.62. The molecule has 2 aliphatic rings. The third-order valence-electron chi connectivity index (χ3n) is 3.39. The molecule has 0 aromatic heterocycles. The molecule has 2 unspecified atom stereocenters. The van der Waals surface area contributed by atoms with Crippen molar-refractivity contribution in [3.63, 3.8) is 0 Å². The van der Waals surface area contributed by atoms with Crippen LogP contribution in [0.15, 0.2) is 12.3 Å². The third kappa shape index (κ3) is 2.50. The largest absolute Gasteiger partial charge is 0.478 e. The van der Waals surface area contributed by atoms with Crippen molar-refractivity contribution in [3.05, 3.63) is 12.3 Å². The van der Waals surface area contributed by atoms with Gasteiger partial charge in [-0.05, 0) is 25.8 Å². The van der Waals surface area contributed by atoms with Crippen LogP contribution in [0.1, 0.15) is 25.7 Å². The van der Waals surface area contributed by atoms with Crippen molar-refractivity contribution in [3.8, 4) is 0 Å². The second-order valence-electron chi connectivity index (χ2n) is 4.33. The van der Waals surface area contributed by atoms with Crippen molar-refractivity contribution < 1.29 is 9.90 Å². The lowest BCUT2D eigenvalue weighted by atomic mass is 9.99. The van der Waals surface area contributed by atoms with Crippen LogP contribution < -0.4 is 5.32 Å². The van der Waals surface area contributed by atoms with Gasteiger partial charge in [-0.15, -0.1) is 0 Å². The van der Waals surface area contributed by atoms with Crippen molar-refractivity contribution in [1.82, 2.24) is 10.2 Å². The lowest BCUT2D eigenvalue weighted by Gasteiger charge is -2.32. The highest BCUT2D eigenvalue weighted by Crippen LogP contribution is 2.26. The van der Waals surface area contributed by atoms with Gasteiger partial charge < -0.3 is 10.4 Å². The quantitative estimate of drug-likeness (QED) is 0.677. The summed E-state index contributed by atoms with van der Waals surface area (Å²) in [5.41, 5.74) is 0. The Hall–Kier alpha value is -1.03. The highest BCUT2D eigenvalue weighted by atomic mass is 16.4. The fourth-order valence-electron chi connectivity index (χ4n) is 2.68.